The first-order chi connectivity index (χ1) is 12.3. The molecule has 0 bridgehead atoms. The minimum absolute atomic E-state index is 0.410. The molecular formula is C19H26N6. The maximum Gasteiger partial charge on any atom is 0.225 e. The highest BCUT2D eigenvalue weighted by Crippen LogP contribution is 2.29. The van der Waals surface area contributed by atoms with Crippen molar-refractivity contribution in [3.05, 3.63) is 48.5 Å². The SMILES string of the molecule is CN1CCN([C@@H]2CCN(c3ncccn3)[C@H]2Cc2ccncc2)CC1. The van der Waals surface area contributed by atoms with Gasteiger partial charge in [-0.05, 0) is 43.7 Å². The molecule has 0 N–H and O–H groups in total. The molecule has 0 amide bonds. The molecule has 2 fully saturated rings. The Morgan fingerprint density at radius 2 is 1.68 bits per heavy atom. The number of aromatic nitrogens is 3. The van der Waals surface area contributed by atoms with Crippen LogP contribution >= 0.6 is 0 Å². The van der Waals surface area contributed by atoms with Gasteiger partial charge in [-0.2, -0.15) is 0 Å². The van der Waals surface area contributed by atoms with Crippen LogP contribution in [0.15, 0.2) is 43.0 Å². The topological polar surface area (TPSA) is 48.4 Å². The third-order valence-corrected chi connectivity index (χ3v) is 5.52. The number of hydrogen-bond acceptors (Lipinski definition) is 6. The second-order valence-corrected chi connectivity index (χ2v) is 7.06. The lowest BCUT2D eigenvalue weighted by atomic mass is 9.99. The molecule has 0 aromatic carbocycles. The summed E-state index contributed by atoms with van der Waals surface area (Å²) in [6.07, 6.45) is 9.65. The summed E-state index contributed by atoms with van der Waals surface area (Å²) in [5, 5.41) is 0. The fourth-order valence-corrected chi connectivity index (χ4v) is 4.11. The Kier molecular flexibility index (Phi) is 4.90. The van der Waals surface area contributed by atoms with Crippen LogP contribution < -0.4 is 4.90 Å². The molecule has 4 heterocycles. The van der Waals surface area contributed by atoms with Crippen molar-refractivity contribution in [2.24, 2.45) is 0 Å². The van der Waals surface area contributed by atoms with Crippen molar-refractivity contribution in [1.82, 2.24) is 24.8 Å². The summed E-state index contributed by atoms with van der Waals surface area (Å²) in [7, 11) is 2.21. The van der Waals surface area contributed by atoms with E-state index in [1.807, 2.05) is 30.9 Å². The Hall–Kier alpha value is -2.05. The number of piperazine rings is 1. The molecule has 0 spiro atoms. The lowest BCUT2D eigenvalue weighted by molar-refractivity contribution is 0.106. The molecule has 4 rings (SSSR count). The van der Waals surface area contributed by atoms with Gasteiger partial charge in [0.15, 0.2) is 0 Å². The van der Waals surface area contributed by atoms with Crippen molar-refractivity contribution in [3.63, 3.8) is 0 Å². The van der Waals surface area contributed by atoms with E-state index >= 15 is 0 Å². The molecule has 0 unspecified atom stereocenters. The second kappa shape index (κ2) is 7.45. The van der Waals surface area contributed by atoms with Crippen molar-refractivity contribution < 1.29 is 0 Å². The second-order valence-electron chi connectivity index (χ2n) is 7.06. The number of nitrogens with zero attached hydrogens (tertiary/aromatic N) is 6. The summed E-state index contributed by atoms with van der Waals surface area (Å²) in [4.78, 5) is 20.7. The third-order valence-electron chi connectivity index (χ3n) is 5.52. The van der Waals surface area contributed by atoms with E-state index < -0.39 is 0 Å². The van der Waals surface area contributed by atoms with Gasteiger partial charge in [-0.1, -0.05) is 0 Å². The molecule has 6 nitrogen and oxygen atoms in total. The summed E-state index contributed by atoms with van der Waals surface area (Å²) < 4.78 is 0. The first-order valence-corrected chi connectivity index (χ1v) is 9.16. The summed E-state index contributed by atoms with van der Waals surface area (Å²) in [6.45, 7) is 5.63. The largest absolute Gasteiger partial charge is 0.336 e. The Labute approximate surface area is 149 Å². The van der Waals surface area contributed by atoms with Gasteiger partial charge in [-0.15, -0.1) is 0 Å². The quantitative estimate of drug-likeness (QED) is 0.838. The smallest absolute Gasteiger partial charge is 0.225 e. The van der Waals surface area contributed by atoms with Gasteiger partial charge in [0, 0.05) is 63.6 Å². The minimum Gasteiger partial charge on any atom is -0.336 e. The highest BCUT2D eigenvalue weighted by molar-refractivity contribution is 5.36. The zero-order valence-corrected chi connectivity index (χ0v) is 14.8. The number of rotatable bonds is 4. The number of pyridine rings is 1. The third kappa shape index (κ3) is 3.65. The van der Waals surface area contributed by atoms with Crippen LogP contribution in [0.1, 0.15) is 12.0 Å². The van der Waals surface area contributed by atoms with E-state index in [1.165, 1.54) is 12.0 Å². The summed E-state index contributed by atoms with van der Waals surface area (Å²) in [5.74, 6) is 0.859. The Balaban J connectivity index is 1.57. The van der Waals surface area contributed by atoms with E-state index in [0.29, 0.717) is 12.1 Å². The summed E-state index contributed by atoms with van der Waals surface area (Å²) >= 11 is 0. The molecule has 2 aromatic rings. The Morgan fingerprint density at radius 3 is 2.40 bits per heavy atom. The normalized spacial score (nSPS) is 25.4. The van der Waals surface area contributed by atoms with Gasteiger partial charge >= 0.3 is 0 Å². The van der Waals surface area contributed by atoms with Gasteiger partial charge in [0.1, 0.15) is 0 Å². The molecule has 6 heteroatoms. The fourth-order valence-electron chi connectivity index (χ4n) is 4.11. The van der Waals surface area contributed by atoms with Gasteiger partial charge < -0.3 is 9.80 Å². The predicted molar refractivity (Wildman–Crippen MR) is 98.6 cm³/mol. The van der Waals surface area contributed by atoms with Crippen LogP contribution in [0, 0.1) is 0 Å². The lowest BCUT2D eigenvalue weighted by Gasteiger charge is -2.40. The molecule has 132 valence electrons. The average Bonchev–Trinajstić information content (AvgIpc) is 3.07. The van der Waals surface area contributed by atoms with Gasteiger partial charge in [-0.25, -0.2) is 9.97 Å². The first-order valence-electron chi connectivity index (χ1n) is 9.16. The average molecular weight is 338 g/mol. The number of anilines is 1. The van der Waals surface area contributed by atoms with Gasteiger partial charge in [0.25, 0.3) is 0 Å². The predicted octanol–water partition coefficient (Wildman–Crippen LogP) is 1.31. The van der Waals surface area contributed by atoms with E-state index in [1.54, 1.807) is 0 Å². The maximum atomic E-state index is 4.52. The van der Waals surface area contributed by atoms with Crippen LogP contribution in [-0.4, -0.2) is 76.6 Å². The molecule has 0 radical (unpaired) electrons. The van der Waals surface area contributed by atoms with Crippen molar-refractivity contribution in [2.45, 2.75) is 24.9 Å². The first kappa shape index (κ1) is 16.4. The summed E-state index contributed by atoms with van der Waals surface area (Å²) in [6, 6.07) is 7.11. The molecule has 25 heavy (non-hydrogen) atoms. The standard InChI is InChI=1S/C19H26N6/c1-23-11-13-24(14-12-23)17-5-10-25(19-21-6-2-7-22-19)18(17)15-16-3-8-20-9-4-16/h2-4,6-9,17-18H,5,10-15H2,1H3/t17-,18+/m1/s1. The van der Waals surface area contributed by atoms with E-state index in [9.17, 15) is 0 Å². The zero-order valence-electron chi connectivity index (χ0n) is 14.8. The van der Waals surface area contributed by atoms with Crippen LogP contribution in [0.4, 0.5) is 5.95 Å². The molecule has 0 saturated carbocycles. The van der Waals surface area contributed by atoms with E-state index in [0.717, 1.165) is 45.1 Å². The van der Waals surface area contributed by atoms with E-state index in [4.69, 9.17) is 0 Å². The van der Waals surface area contributed by atoms with Crippen molar-refractivity contribution in [2.75, 3.05) is 44.7 Å². The Morgan fingerprint density at radius 1 is 0.960 bits per heavy atom. The van der Waals surface area contributed by atoms with Crippen LogP contribution in [0.3, 0.4) is 0 Å². The van der Waals surface area contributed by atoms with Gasteiger partial charge in [0.2, 0.25) is 5.95 Å². The molecule has 2 atom stereocenters. The Bertz CT molecular complexity index is 656. The van der Waals surface area contributed by atoms with Crippen LogP contribution in [0.5, 0.6) is 0 Å². The van der Waals surface area contributed by atoms with Gasteiger partial charge in [-0.3, -0.25) is 9.88 Å². The monoisotopic (exact) mass is 338 g/mol. The fraction of sp³-hybridized carbons (Fsp3) is 0.526. The number of hydrogen-bond donors (Lipinski definition) is 0. The minimum atomic E-state index is 0.410. The van der Waals surface area contributed by atoms with E-state index in [2.05, 4.69) is 48.8 Å². The molecule has 2 aliphatic heterocycles. The lowest BCUT2D eigenvalue weighted by Crippen LogP contribution is -2.53. The van der Waals surface area contributed by atoms with Crippen LogP contribution in [0.25, 0.3) is 0 Å². The zero-order chi connectivity index (χ0) is 17.1. The van der Waals surface area contributed by atoms with Crippen molar-refractivity contribution in [1.29, 1.82) is 0 Å². The molecule has 2 aliphatic rings. The molecule has 2 aromatic heterocycles. The van der Waals surface area contributed by atoms with Gasteiger partial charge in [0.05, 0.1) is 6.04 Å². The summed E-state index contributed by atoms with van der Waals surface area (Å²) in [5.41, 5.74) is 1.34. The molecule has 0 aliphatic carbocycles. The van der Waals surface area contributed by atoms with Crippen molar-refractivity contribution >= 4 is 5.95 Å². The van der Waals surface area contributed by atoms with Crippen LogP contribution in [-0.2, 0) is 6.42 Å². The number of likely N-dealkylation sites (N-methyl/N-ethyl adjacent to an activating group) is 1. The van der Waals surface area contributed by atoms with Crippen molar-refractivity contribution in [3.8, 4) is 0 Å². The maximum absolute atomic E-state index is 4.52. The highest BCUT2D eigenvalue weighted by Gasteiger charge is 2.39. The van der Waals surface area contributed by atoms with E-state index in [-0.39, 0.29) is 0 Å². The molecule has 2 saturated heterocycles. The highest BCUT2D eigenvalue weighted by atomic mass is 15.4. The molecular weight excluding hydrogens is 312 g/mol. The van der Waals surface area contributed by atoms with Crippen LogP contribution in [0.2, 0.25) is 0 Å².